The van der Waals surface area contributed by atoms with Crippen LogP contribution in [0, 0.1) is 0 Å². The van der Waals surface area contributed by atoms with Crippen LogP contribution in [0.5, 0.6) is 0 Å². The predicted octanol–water partition coefficient (Wildman–Crippen LogP) is 0.177. The molecule has 12 N–H and O–H groups in total. The molecular weight excluding hydrogens is 370 g/mol. The van der Waals surface area contributed by atoms with Crippen LogP contribution in [0.4, 0.5) is 5.69 Å². The summed E-state index contributed by atoms with van der Waals surface area (Å²) in [5, 5.41) is 18.5. The molecule has 11 nitrogen and oxygen atoms in total. The second-order valence-electron chi connectivity index (χ2n) is 5.25. The van der Waals surface area contributed by atoms with Gasteiger partial charge in [0.1, 0.15) is 12.3 Å². The number of carboxylic acid groups (broad SMARTS) is 2. The van der Waals surface area contributed by atoms with Gasteiger partial charge in [-0.1, -0.05) is 6.42 Å². The minimum Gasteiger partial charge on any atom is -0.480 e. The van der Waals surface area contributed by atoms with Crippen LogP contribution < -0.4 is 28.7 Å². The third kappa shape index (κ3) is 19.5. The molecular formula is C17H31N5O6. The van der Waals surface area contributed by atoms with Crippen LogP contribution in [0.15, 0.2) is 24.3 Å². The van der Waals surface area contributed by atoms with Gasteiger partial charge in [0.15, 0.2) is 0 Å². The van der Waals surface area contributed by atoms with E-state index >= 15 is 0 Å². The lowest BCUT2D eigenvalue weighted by Crippen LogP contribution is -2.29. The van der Waals surface area contributed by atoms with Gasteiger partial charge in [-0.05, 0) is 43.7 Å². The molecule has 0 aliphatic carbocycles. The molecule has 0 aromatic heterocycles. The topological polar surface area (TPSA) is 234 Å². The first-order valence-corrected chi connectivity index (χ1v) is 8.11. The molecule has 0 spiro atoms. The summed E-state index contributed by atoms with van der Waals surface area (Å²) in [4.78, 5) is 40.2. The number of carboxylic acids is 2. The van der Waals surface area contributed by atoms with E-state index in [0.29, 0.717) is 24.2 Å². The van der Waals surface area contributed by atoms with Crippen molar-refractivity contribution in [2.24, 2.45) is 17.2 Å². The summed E-state index contributed by atoms with van der Waals surface area (Å²) in [5.41, 5.74) is 16.3. The Balaban J connectivity index is -0.000000356. The van der Waals surface area contributed by atoms with Crippen LogP contribution in [0.2, 0.25) is 0 Å². The fourth-order valence-electron chi connectivity index (χ4n) is 1.48. The van der Waals surface area contributed by atoms with Crippen molar-refractivity contribution in [3.8, 4) is 0 Å². The average Bonchev–Trinajstić information content (AvgIpc) is 2.63. The molecule has 1 amide bonds. The van der Waals surface area contributed by atoms with Crippen LogP contribution >= 0.6 is 0 Å². The quantitative estimate of drug-likeness (QED) is 0.230. The van der Waals surface area contributed by atoms with Crippen LogP contribution in [-0.4, -0.2) is 53.5 Å². The second-order valence-corrected chi connectivity index (χ2v) is 5.25. The fraction of sp³-hybridized carbons (Fsp3) is 0.412. The molecule has 1 aromatic rings. The Hall–Kier alpha value is -2.86. The molecule has 0 heterocycles. The fourth-order valence-corrected chi connectivity index (χ4v) is 1.48. The number of carbonyl (C=O) groups excluding carboxylic acids is 2. The van der Waals surface area contributed by atoms with Crippen molar-refractivity contribution in [2.75, 3.05) is 18.4 Å². The molecule has 0 radical (unpaired) electrons. The van der Waals surface area contributed by atoms with Gasteiger partial charge >= 0.3 is 11.9 Å². The van der Waals surface area contributed by atoms with Gasteiger partial charge in [0, 0.05) is 18.2 Å². The SMILES string of the molecule is CC(=O)Nc1ccc(C=O)cc1.N.NCC(=O)O.NCCCC[C@H](N)C(=O)O. The van der Waals surface area contributed by atoms with Crippen LogP contribution in [-0.2, 0) is 14.4 Å². The largest absolute Gasteiger partial charge is 0.480 e. The maximum absolute atomic E-state index is 10.6. The van der Waals surface area contributed by atoms with E-state index in [1.54, 1.807) is 24.3 Å². The number of aliphatic carboxylic acids is 2. The Morgan fingerprint density at radius 1 is 1.11 bits per heavy atom. The zero-order valence-electron chi connectivity index (χ0n) is 16.0. The lowest BCUT2D eigenvalue weighted by Gasteiger charge is -2.03. The molecule has 28 heavy (non-hydrogen) atoms. The molecule has 0 aliphatic heterocycles. The first kappa shape index (κ1) is 29.9. The van der Waals surface area contributed by atoms with E-state index < -0.39 is 18.0 Å². The Labute approximate surface area is 163 Å². The number of anilines is 1. The van der Waals surface area contributed by atoms with Crippen LogP contribution in [0.3, 0.4) is 0 Å². The molecule has 0 saturated carbocycles. The van der Waals surface area contributed by atoms with Crippen LogP contribution in [0.25, 0.3) is 0 Å². The number of aldehydes is 1. The molecule has 0 aliphatic rings. The molecule has 11 heteroatoms. The number of carbonyl (C=O) groups is 4. The van der Waals surface area contributed by atoms with E-state index in [1.165, 1.54) is 6.92 Å². The minimum absolute atomic E-state index is 0. The molecule has 0 saturated heterocycles. The summed E-state index contributed by atoms with van der Waals surface area (Å²) < 4.78 is 0. The van der Waals surface area contributed by atoms with Gasteiger partial charge in [-0.3, -0.25) is 19.2 Å². The second kappa shape index (κ2) is 18.9. The molecule has 160 valence electrons. The third-order valence-corrected chi connectivity index (χ3v) is 2.83. The standard InChI is InChI=1S/C9H9NO2.C6H14N2O2.C2H5NO2.H3N/c1-7(12)10-9-4-2-8(6-11)3-5-9;7-4-2-1-3-5(8)6(9)10;3-1-2(4)5;/h2-6H,1H3,(H,10,12);5H,1-4,7-8H2,(H,9,10);1,3H2,(H,4,5);1H3/t;5-;;/m.0../s1. The number of hydrogen-bond donors (Lipinski definition) is 7. The summed E-state index contributed by atoms with van der Waals surface area (Å²) >= 11 is 0. The monoisotopic (exact) mass is 401 g/mol. The van der Waals surface area contributed by atoms with Crippen molar-refractivity contribution in [1.82, 2.24) is 6.15 Å². The number of benzene rings is 1. The number of unbranched alkanes of at least 4 members (excludes halogenated alkanes) is 1. The number of amides is 1. The van der Waals surface area contributed by atoms with Crippen LogP contribution in [0.1, 0.15) is 36.5 Å². The van der Waals surface area contributed by atoms with Gasteiger partial charge in [0.25, 0.3) is 0 Å². The van der Waals surface area contributed by atoms with E-state index in [9.17, 15) is 19.2 Å². The molecule has 1 aromatic carbocycles. The molecule has 1 rings (SSSR count). The Morgan fingerprint density at radius 2 is 1.61 bits per heavy atom. The third-order valence-electron chi connectivity index (χ3n) is 2.83. The van der Waals surface area contributed by atoms with Crippen molar-refractivity contribution >= 4 is 29.8 Å². The number of nitrogens with one attached hydrogen (secondary N) is 1. The van der Waals surface area contributed by atoms with E-state index in [-0.39, 0.29) is 18.6 Å². The number of hydrogen-bond acceptors (Lipinski definition) is 8. The maximum Gasteiger partial charge on any atom is 0.320 e. The number of rotatable bonds is 8. The minimum atomic E-state index is -0.968. The van der Waals surface area contributed by atoms with E-state index in [4.69, 9.17) is 21.7 Å². The van der Waals surface area contributed by atoms with Gasteiger partial charge in [0.2, 0.25) is 5.91 Å². The molecule has 1 atom stereocenters. The highest BCUT2D eigenvalue weighted by Gasteiger charge is 2.09. The summed E-state index contributed by atoms with van der Waals surface area (Å²) in [6, 6.07) is 5.96. The van der Waals surface area contributed by atoms with Gasteiger partial charge in [-0.2, -0.15) is 0 Å². The highest BCUT2D eigenvalue weighted by molar-refractivity contribution is 5.89. The maximum atomic E-state index is 10.6. The Kier molecular flexibility index (Phi) is 20.2. The molecule has 0 fully saturated rings. The van der Waals surface area contributed by atoms with Crippen molar-refractivity contribution in [1.29, 1.82) is 0 Å². The molecule has 0 unspecified atom stereocenters. The normalized spacial score (nSPS) is 9.86. The van der Waals surface area contributed by atoms with Crippen molar-refractivity contribution < 1.29 is 29.4 Å². The summed E-state index contributed by atoms with van der Waals surface area (Å²) in [7, 11) is 0. The zero-order chi connectivity index (χ0) is 21.2. The summed E-state index contributed by atoms with van der Waals surface area (Å²) in [5.74, 6) is -2.02. The summed E-state index contributed by atoms with van der Waals surface area (Å²) in [6.45, 7) is 1.76. The van der Waals surface area contributed by atoms with Gasteiger partial charge < -0.3 is 38.9 Å². The highest BCUT2D eigenvalue weighted by atomic mass is 16.4. The lowest BCUT2D eigenvalue weighted by molar-refractivity contribution is -0.139. The van der Waals surface area contributed by atoms with E-state index in [0.717, 1.165) is 19.1 Å². The molecule has 0 bridgehead atoms. The van der Waals surface area contributed by atoms with E-state index in [2.05, 4.69) is 11.1 Å². The highest BCUT2D eigenvalue weighted by Crippen LogP contribution is 2.07. The van der Waals surface area contributed by atoms with E-state index in [1.807, 2.05) is 0 Å². The predicted molar refractivity (Wildman–Crippen MR) is 106 cm³/mol. The Bertz CT molecular complexity index is 580. The van der Waals surface area contributed by atoms with Crippen molar-refractivity contribution in [3.05, 3.63) is 29.8 Å². The zero-order valence-corrected chi connectivity index (χ0v) is 16.0. The average molecular weight is 401 g/mol. The lowest BCUT2D eigenvalue weighted by atomic mass is 10.1. The van der Waals surface area contributed by atoms with Crippen molar-refractivity contribution in [3.63, 3.8) is 0 Å². The first-order chi connectivity index (χ1) is 12.7. The number of nitrogens with two attached hydrogens (primary N) is 3. The van der Waals surface area contributed by atoms with Gasteiger partial charge in [0.05, 0.1) is 6.54 Å². The first-order valence-electron chi connectivity index (χ1n) is 8.11. The van der Waals surface area contributed by atoms with Crippen molar-refractivity contribution in [2.45, 2.75) is 32.2 Å². The summed E-state index contributed by atoms with van der Waals surface area (Å²) in [6.07, 6.45) is 2.93. The van der Waals surface area contributed by atoms with Gasteiger partial charge in [-0.25, -0.2) is 0 Å². The Morgan fingerprint density at radius 3 is 1.93 bits per heavy atom. The van der Waals surface area contributed by atoms with Gasteiger partial charge in [-0.15, -0.1) is 0 Å². The smallest absolute Gasteiger partial charge is 0.320 e.